The van der Waals surface area contributed by atoms with Crippen LogP contribution in [0.15, 0.2) is 21.9 Å². The second-order valence-electron chi connectivity index (χ2n) is 3.88. The van der Waals surface area contributed by atoms with Gasteiger partial charge >= 0.3 is 11.7 Å². The van der Waals surface area contributed by atoms with E-state index in [9.17, 15) is 18.9 Å². The summed E-state index contributed by atoms with van der Waals surface area (Å²) in [5, 5.41) is 2.49. The van der Waals surface area contributed by atoms with E-state index in [1.807, 2.05) is 0 Å². The molecule has 0 atom stereocenters. The molecule has 0 saturated heterocycles. The predicted octanol–water partition coefficient (Wildman–Crippen LogP) is 0.881. The Morgan fingerprint density at radius 3 is 2.72 bits per heavy atom. The molecule has 0 aromatic carbocycles. The van der Waals surface area contributed by atoms with Gasteiger partial charge in [-0.2, -0.15) is 0 Å². The van der Waals surface area contributed by atoms with Gasteiger partial charge < -0.3 is 5.32 Å². The van der Waals surface area contributed by atoms with Crippen molar-refractivity contribution in [2.45, 2.75) is 32.6 Å². The first-order valence-corrected chi connectivity index (χ1v) is 5.87. The molecule has 0 radical (unpaired) electrons. The molecule has 0 bridgehead atoms. The number of hydrogen-bond acceptors (Lipinski definition) is 3. The van der Waals surface area contributed by atoms with Gasteiger partial charge in [0.05, 0.1) is 0 Å². The van der Waals surface area contributed by atoms with E-state index in [0.717, 1.165) is 37.9 Å². The lowest BCUT2D eigenvalue weighted by atomic mass is 10.2. The van der Waals surface area contributed by atoms with Crippen LogP contribution in [0, 0.1) is 0 Å². The van der Waals surface area contributed by atoms with Crippen LogP contribution < -0.4 is 16.6 Å². The number of unbranched alkanes of at least 4 members (excludes halogenated alkanes) is 3. The van der Waals surface area contributed by atoms with Gasteiger partial charge in [-0.1, -0.05) is 35.5 Å². The third-order valence-electron chi connectivity index (χ3n) is 2.46. The number of carbonyl (C=O) groups is 1. The first kappa shape index (κ1) is 14.1. The topological polar surface area (TPSA) is 73.1 Å². The smallest absolute Gasteiger partial charge is 0.337 e. The Labute approximate surface area is 103 Å². The van der Waals surface area contributed by atoms with E-state index in [0.29, 0.717) is 11.1 Å². The van der Waals surface area contributed by atoms with Crippen LogP contribution in [0.2, 0.25) is 0 Å². The van der Waals surface area contributed by atoms with Crippen molar-refractivity contribution < 1.29 is 9.28 Å². The molecule has 1 amide bonds. The van der Waals surface area contributed by atoms with Gasteiger partial charge in [-0.05, 0) is 6.42 Å². The van der Waals surface area contributed by atoms with E-state index < -0.39 is 22.1 Å². The molecule has 1 N–H and O–H groups in total. The zero-order chi connectivity index (χ0) is 13.5. The molecule has 0 saturated carbocycles. The first-order valence-electron chi connectivity index (χ1n) is 5.87. The van der Waals surface area contributed by atoms with Gasteiger partial charge in [0.1, 0.15) is 0 Å². The molecule has 7 heteroatoms. The molecule has 100 valence electrons. The van der Waals surface area contributed by atoms with Crippen LogP contribution >= 0.6 is 0 Å². The number of hydrogen-bond donors (Lipinski definition) is 1. The van der Waals surface area contributed by atoms with Crippen molar-refractivity contribution in [2.24, 2.45) is 0 Å². The highest BCUT2D eigenvalue weighted by molar-refractivity contribution is 5.76. The molecule has 1 aromatic heterocycles. The van der Waals surface area contributed by atoms with E-state index in [1.165, 1.54) is 0 Å². The van der Waals surface area contributed by atoms with Crippen molar-refractivity contribution in [1.82, 2.24) is 14.7 Å². The molecule has 1 heterocycles. The van der Waals surface area contributed by atoms with E-state index >= 15 is 0 Å². The highest BCUT2D eigenvalue weighted by atomic mass is 19.2. The molecule has 6 nitrogen and oxygen atoms in total. The quantitative estimate of drug-likeness (QED) is 0.796. The van der Waals surface area contributed by atoms with Crippen LogP contribution in [0.4, 0.5) is 9.28 Å². The SMILES string of the molecule is CCCCCCNC(=O)n1ccc(=O)n(F)c1=O. The molecule has 0 fully saturated rings. The highest BCUT2D eigenvalue weighted by Gasteiger charge is 2.10. The summed E-state index contributed by atoms with van der Waals surface area (Å²) in [6.45, 7) is 2.49. The molecule has 0 aliphatic carbocycles. The van der Waals surface area contributed by atoms with E-state index in [2.05, 4.69) is 12.2 Å². The second-order valence-corrected chi connectivity index (χ2v) is 3.88. The van der Waals surface area contributed by atoms with Gasteiger partial charge in [0.2, 0.25) is 0 Å². The maximum atomic E-state index is 12.9. The normalized spacial score (nSPS) is 10.3. The minimum atomic E-state index is -1.30. The molecule has 0 aliphatic heterocycles. The van der Waals surface area contributed by atoms with Crippen LogP contribution in [0.1, 0.15) is 32.6 Å². The van der Waals surface area contributed by atoms with Crippen molar-refractivity contribution in [3.05, 3.63) is 33.1 Å². The Bertz CT molecular complexity index is 521. The molecular formula is C11H16FN3O3. The number of nitrogens with zero attached hydrogens (tertiary/aromatic N) is 2. The average Bonchev–Trinajstić information content (AvgIpc) is 2.35. The van der Waals surface area contributed by atoms with Crippen molar-refractivity contribution >= 4 is 6.03 Å². The van der Waals surface area contributed by atoms with Gasteiger partial charge in [-0.25, -0.2) is 14.2 Å². The lowest BCUT2D eigenvalue weighted by molar-refractivity contribution is 0.237. The second kappa shape index (κ2) is 6.73. The summed E-state index contributed by atoms with van der Waals surface area (Å²) < 4.78 is 13.5. The largest absolute Gasteiger partial charge is 0.368 e. The number of rotatable bonds is 5. The summed E-state index contributed by atoms with van der Waals surface area (Å²) >= 11 is 0. The van der Waals surface area contributed by atoms with E-state index in [1.54, 1.807) is 0 Å². The minimum absolute atomic E-state index is 0.413. The van der Waals surface area contributed by atoms with Gasteiger partial charge in [-0.15, -0.1) is 0 Å². The zero-order valence-corrected chi connectivity index (χ0v) is 10.2. The Morgan fingerprint density at radius 2 is 2.06 bits per heavy atom. The lowest BCUT2D eigenvalue weighted by Crippen LogP contribution is -2.42. The third kappa shape index (κ3) is 3.54. The van der Waals surface area contributed by atoms with Crippen molar-refractivity contribution in [3.63, 3.8) is 0 Å². The van der Waals surface area contributed by atoms with Gasteiger partial charge in [0, 0.05) is 18.8 Å². The van der Waals surface area contributed by atoms with Crippen LogP contribution in [0.25, 0.3) is 0 Å². The van der Waals surface area contributed by atoms with Gasteiger partial charge in [0.25, 0.3) is 5.56 Å². The fourth-order valence-corrected chi connectivity index (χ4v) is 1.44. The lowest BCUT2D eigenvalue weighted by Gasteiger charge is -2.06. The molecular weight excluding hydrogens is 241 g/mol. The molecule has 1 aromatic rings. The van der Waals surface area contributed by atoms with Crippen LogP contribution in [0.5, 0.6) is 0 Å². The Kier molecular flexibility index (Phi) is 5.29. The van der Waals surface area contributed by atoms with Crippen LogP contribution in [-0.2, 0) is 0 Å². The Morgan fingerprint density at radius 1 is 1.33 bits per heavy atom. The monoisotopic (exact) mass is 257 g/mol. The summed E-state index contributed by atoms with van der Waals surface area (Å²) in [6, 6.07) is 0.0841. The maximum Gasteiger partial charge on any atom is 0.368 e. The van der Waals surface area contributed by atoms with E-state index in [-0.39, 0.29) is 0 Å². The fourth-order valence-electron chi connectivity index (χ4n) is 1.44. The summed E-state index contributed by atoms with van der Waals surface area (Å²) in [6.07, 6.45) is 4.89. The summed E-state index contributed by atoms with van der Waals surface area (Å²) in [7, 11) is 0. The number of amides is 1. The maximum absolute atomic E-state index is 12.9. The highest BCUT2D eigenvalue weighted by Crippen LogP contribution is 1.96. The first-order chi connectivity index (χ1) is 8.57. The zero-order valence-electron chi connectivity index (χ0n) is 10.2. The van der Waals surface area contributed by atoms with Crippen molar-refractivity contribution in [3.8, 4) is 0 Å². The van der Waals surface area contributed by atoms with Crippen molar-refractivity contribution in [1.29, 1.82) is 0 Å². The third-order valence-corrected chi connectivity index (χ3v) is 2.46. The van der Waals surface area contributed by atoms with E-state index in [4.69, 9.17) is 0 Å². The molecule has 1 rings (SSSR count). The summed E-state index contributed by atoms with van der Waals surface area (Å²) in [5.41, 5.74) is -2.39. The fraction of sp³-hybridized carbons (Fsp3) is 0.545. The summed E-state index contributed by atoms with van der Waals surface area (Å²) in [4.78, 5) is 33.0. The van der Waals surface area contributed by atoms with Crippen LogP contribution in [0.3, 0.4) is 0 Å². The van der Waals surface area contributed by atoms with Crippen molar-refractivity contribution in [2.75, 3.05) is 6.54 Å². The van der Waals surface area contributed by atoms with Gasteiger partial charge in [-0.3, -0.25) is 4.79 Å². The summed E-state index contributed by atoms with van der Waals surface area (Å²) in [5.74, 6) is 0. The van der Waals surface area contributed by atoms with Crippen LogP contribution in [-0.4, -0.2) is 21.9 Å². The minimum Gasteiger partial charge on any atom is -0.337 e. The number of carbonyl (C=O) groups excluding carboxylic acids is 1. The number of nitrogens with one attached hydrogen (secondary N) is 1. The predicted molar refractivity (Wildman–Crippen MR) is 64.4 cm³/mol. The molecule has 18 heavy (non-hydrogen) atoms. The van der Waals surface area contributed by atoms with Gasteiger partial charge in [0.15, 0.2) is 0 Å². The molecule has 0 aliphatic rings. The standard InChI is InChI=1S/C11H16FN3O3/c1-2-3-4-5-7-13-10(17)14-8-6-9(16)15(12)11(14)18/h6,8H,2-5,7H2,1H3,(H,13,17). The number of halogens is 1. The number of aromatic nitrogens is 2. The Hall–Kier alpha value is -1.92. The Balaban J connectivity index is 2.60. The molecule has 0 spiro atoms. The average molecular weight is 257 g/mol. The molecule has 0 unspecified atom stereocenters.